The van der Waals surface area contributed by atoms with Gasteiger partial charge in [-0.15, -0.1) is 0 Å². The Morgan fingerprint density at radius 1 is 1.12 bits per heavy atom. The third kappa shape index (κ3) is 5.08. The van der Waals surface area contributed by atoms with E-state index >= 15 is 0 Å². The molecule has 0 aliphatic carbocycles. The molecule has 26 heavy (non-hydrogen) atoms. The first kappa shape index (κ1) is 19.0. The molecule has 0 bridgehead atoms. The fourth-order valence-corrected chi connectivity index (χ4v) is 2.22. The average Bonchev–Trinajstić information content (AvgIpc) is 2.66. The number of nitrogens with one attached hydrogen (secondary N) is 1. The number of carbonyl (C=O) groups is 2. The van der Waals surface area contributed by atoms with Crippen LogP contribution in [0.5, 0.6) is 5.75 Å². The number of amides is 2. The third-order valence-corrected chi connectivity index (χ3v) is 3.74. The summed E-state index contributed by atoms with van der Waals surface area (Å²) in [5, 5.41) is 11.6. The maximum absolute atomic E-state index is 12.2. The molecular weight excluding hydrogens is 330 g/mol. The van der Waals surface area contributed by atoms with Crippen molar-refractivity contribution in [3.05, 3.63) is 65.2 Å². The lowest BCUT2D eigenvalue weighted by Gasteiger charge is -2.15. The highest BCUT2D eigenvalue weighted by Crippen LogP contribution is 2.13. The molecule has 2 rings (SSSR count). The van der Waals surface area contributed by atoms with Crippen molar-refractivity contribution in [2.45, 2.75) is 19.6 Å². The zero-order valence-corrected chi connectivity index (χ0v) is 15.0. The van der Waals surface area contributed by atoms with Gasteiger partial charge in [0.25, 0.3) is 11.8 Å². The number of rotatable bonds is 6. The van der Waals surface area contributed by atoms with E-state index < -0.39 is 6.10 Å². The van der Waals surface area contributed by atoms with Gasteiger partial charge in [-0.25, -0.2) is 0 Å². The van der Waals surface area contributed by atoms with Crippen molar-refractivity contribution in [1.29, 1.82) is 5.26 Å². The summed E-state index contributed by atoms with van der Waals surface area (Å²) in [7, 11) is 3.40. The molecule has 0 saturated heterocycles. The minimum absolute atomic E-state index is 0.0648. The largest absolute Gasteiger partial charge is 0.481 e. The van der Waals surface area contributed by atoms with Crippen LogP contribution in [-0.2, 0) is 11.3 Å². The van der Waals surface area contributed by atoms with Gasteiger partial charge in [0.05, 0.1) is 11.6 Å². The van der Waals surface area contributed by atoms with E-state index in [2.05, 4.69) is 5.32 Å². The Balaban J connectivity index is 1.87. The van der Waals surface area contributed by atoms with Crippen molar-refractivity contribution in [2.75, 3.05) is 14.1 Å². The molecule has 0 spiro atoms. The summed E-state index contributed by atoms with van der Waals surface area (Å²) in [6.07, 6.45) is -0.669. The predicted octanol–water partition coefficient (Wildman–Crippen LogP) is 2.34. The topological polar surface area (TPSA) is 82.4 Å². The quantitative estimate of drug-likeness (QED) is 0.866. The molecule has 0 saturated carbocycles. The molecule has 0 aliphatic heterocycles. The lowest BCUT2D eigenvalue weighted by Crippen LogP contribution is -2.35. The summed E-state index contributed by atoms with van der Waals surface area (Å²) in [6.45, 7) is 2.00. The number of nitrogens with zero attached hydrogens (tertiary/aromatic N) is 2. The van der Waals surface area contributed by atoms with Crippen molar-refractivity contribution in [1.82, 2.24) is 10.2 Å². The van der Waals surface area contributed by atoms with E-state index in [9.17, 15) is 9.59 Å². The molecule has 1 unspecified atom stereocenters. The first-order valence-electron chi connectivity index (χ1n) is 8.16. The lowest BCUT2D eigenvalue weighted by atomic mass is 10.1. The van der Waals surface area contributed by atoms with Crippen LogP contribution in [0.1, 0.15) is 28.4 Å². The molecule has 2 aromatic rings. The van der Waals surface area contributed by atoms with Crippen LogP contribution in [0.4, 0.5) is 0 Å². The van der Waals surface area contributed by atoms with Crippen LogP contribution < -0.4 is 10.1 Å². The predicted molar refractivity (Wildman–Crippen MR) is 97.6 cm³/mol. The molecule has 6 nitrogen and oxygen atoms in total. The van der Waals surface area contributed by atoms with Crippen molar-refractivity contribution in [3.63, 3.8) is 0 Å². The van der Waals surface area contributed by atoms with Crippen LogP contribution in [0.15, 0.2) is 48.5 Å². The second kappa shape index (κ2) is 8.67. The molecule has 1 N–H and O–H groups in total. The molecule has 2 amide bonds. The molecule has 0 heterocycles. The molecule has 6 heteroatoms. The van der Waals surface area contributed by atoms with Crippen molar-refractivity contribution in [2.24, 2.45) is 0 Å². The summed E-state index contributed by atoms with van der Waals surface area (Å²) < 4.78 is 5.57. The van der Waals surface area contributed by atoms with Gasteiger partial charge in [-0.2, -0.15) is 5.26 Å². The van der Waals surface area contributed by atoms with Crippen LogP contribution in [0.25, 0.3) is 0 Å². The summed E-state index contributed by atoms with van der Waals surface area (Å²) in [5.41, 5.74) is 2.02. The van der Waals surface area contributed by atoms with Gasteiger partial charge in [0, 0.05) is 26.2 Å². The Morgan fingerprint density at radius 2 is 1.73 bits per heavy atom. The number of nitriles is 1. The standard InChI is InChI=1S/C20H21N3O3/c1-14(26-18-10-6-15(12-21)7-11-18)19(24)22-13-16-4-8-17(9-5-16)20(25)23(2)3/h4-11,14H,13H2,1-3H3,(H,22,24). The van der Waals surface area contributed by atoms with Crippen LogP contribution in [0.3, 0.4) is 0 Å². The number of carbonyl (C=O) groups excluding carboxylic acids is 2. The van der Waals surface area contributed by atoms with E-state index in [0.717, 1.165) is 5.56 Å². The van der Waals surface area contributed by atoms with Gasteiger partial charge in [0.15, 0.2) is 6.10 Å². The molecule has 0 radical (unpaired) electrons. The second-order valence-electron chi connectivity index (χ2n) is 6.01. The molecule has 2 aromatic carbocycles. The highest BCUT2D eigenvalue weighted by atomic mass is 16.5. The maximum Gasteiger partial charge on any atom is 0.261 e. The second-order valence-corrected chi connectivity index (χ2v) is 6.01. The van der Waals surface area contributed by atoms with Crippen LogP contribution >= 0.6 is 0 Å². The molecule has 1 atom stereocenters. The van der Waals surface area contributed by atoms with Crippen molar-refractivity contribution >= 4 is 11.8 Å². The fraction of sp³-hybridized carbons (Fsp3) is 0.250. The fourth-order valence-electron chi connectivity index (χ4n) is 2.22. The van der Waals surface area contributed by atoms with Gasteiger partial charge in [-0.3, -0.25) is 9.59 Å². The van der Waals surface area contributed by atoms with Crippen molar-refractivity contribution in [3.8, 4) is 11.8 Å². The first-order chi connectivity index (χ1) is 12.4. The van der Waals surface area contributed by atoms with E-state index in [1.807, 2.05) is 18.2 Å². The normalized spacial score (nSPS) is 11.2. The van der Waals surface area contributed by atoms with Crippen molar-refractivity contribution < 1.29 is 14.3 Å². The molecule has 0 aromatic heterocycles. The van der Waals surface area contributed by atoms with Gasteiger partial charge < -0.3 is 15.0 Å². The third-order valence-electron chi connectivity index (χ3n) is 3.74. The first-order valence-corrected chi connectivity index (χ1v) is 8.16. The van der Waals surface area contributed by atoms with Crippen LogP contribution in [0, 0.1) is 11.3 Å². The number of ether oxygens (including phenoxy) is 1. The Hall–Kier alpha value is -3.33. The van der Waals surface area contributed by atoms with Crippen LogP contribution in [0.2, 0.25) is 0 Å². The number of hydrogen-bond donors (Lipinski definition) is 1. The Bertz CT molecular complexity index is 806. The number of benzene rings is 2. The molecule has 0 fully saturated rings. The lowest BCUT2D eigenvalue weighted by molar-refractivity contribution is -0.127. The highest BCUT2D eigenvalue weighted by Gasteiger charge is 2.14. The smallest absolute Gasteiger partial charge is 0.261 e. The zero-order valence-electron chi connectivity index (χ0n) is 15.0. The van der Waals surface area contributed by atoms with Gasteiger partial charge in [0.1, 0.15) is 5.75 Å². The average molecular weight is 351 g/mol. The number of hydrogen-bond acceptors (Lipinski definition) is 4. The Labute approximate surface area is 153 Å². The van der Waals surface area contributed by atoms with E-state index in [1.165, 1.54) is 4.90 Å². The highest BCUT2D eigenvalue weighted by molar-refractivity contribution is 5.93. The molecular formula is C20H21N3O3. The molecule has 0 aliphatic rings. The van der Waals surface area contributed by atoms with E-state index in [1.54, 1.807) is 57.4 Å². The summed E-state index contributed by atoms with van der Waals surface area (Å²) in [4.78, 5) is 25.5. The van der Waals surface area contributed by atoms with E-state index in [4.69, 9.17) is 10.00 Å². The van der Waals surface area contributed by atoms with Gasteiger partial charge in [0.2, 0.25) is 0 Å². The molecule has 134 valence electrons. The minimum Gasteiger partial charge on any atom is -0.481 e. The van der Waals surface area contributed by atoms with Gasteiger partial charge in [-0.1, -0.05) is 12.1 Å². The Kier molecular flexibility index (Phi) is 6.34. The Morgan fingerprint density at radius 3 is 2.27 bits per heavy atom. The van der Waals surface area contributed by atoms with E-state index in [0.29, 0.717) is 23.4 Å². The minimum atomic E-state index is -0.669. The SMILES string of the molecule is CC(Oc1ccc(C#N)cc1)C(=O)NCc1ccc(C(=O)N(C)C)cc1. The summed E-state index contributed by atoms with van der Waals surface area (Å²) in [5.74, 6) is 0.214. The van der Waals surface area contributed by atoms with Gasteiger partial charge >= 0.3 is 0 Å². The maximum atomic E-state index is 12.2. The van der Waals surface area contributed by atoms with E-state index in [-0.39, 0.29) is 11.8 Å². The summed E-state index contributed by atoms with van der Waals surface area (Å²) >= 11 is 0. The van der Waals surface area contributed by atoms with Crippen LogP contribution in [-0.4, -0.2) is 36.9 Å². The zero-order chi connectivity index (χ0) is 19.1. The monoisotopic (exact) mass is 351 g/mol. The summed E-state index contributed by atoms with van der Waals surface area (Å²) in [6, 6.07) is 15.7. The van der Waals surface area contributed by atoms with Gasteiger partial charge in [-0.05, 0) is 48.9 Å².